The largest absolute Gasteiger partial charge is 0.361 e. The van der Waals surface area contributed by atoms with Crippen molar-refractivity contribution >= 4 is 11.9 Å². The highest BCUT2D eigenvalue weighted by atomic mass is 16.5. The monoisotopic (exact) mass is 315 g/mol. The van der Waals surface area contributed by atoms with E-state index in [1.54, 1.807) is 12.4 Å². The summed E-state index contributed by atoms with van der Waals surface area (Å²) in [7, 11) is 0. The molecule has 0 bridgehead atoms. The average molecular weight is 315 g/mol. The molecule has 0 saturated carbocycles. The molecular formula is C16H21N5O2. The highest BCUT2D eigenvalue weighted by Crippen LogP contribution is 2.16. The lowest BCUT2D eigenvalue weighted by atomic mass is 10.0. The predicted octanol–water partition coefficient (Wildman–Crippen LogP) is 1.41. The number of carbonyl (C=O) groups is 1. The smallest absolute Gasteiger partial charge is 0.225 e. The zero-order valence-electron chi connectivity index (χ0n) is 13.5. The highest BCUT2D eigenvalue weighted by molar-refractivity contribution is 5.79. The molecule has 0 atom stereocenters. The summed E-state index contributed by atoms with van der Waals surface area (Å²) < 4.78 is 5.10. The maximum absolute atomic E-state index is 12.2. The van der Waals surface area contributed by atoms with Crippen LogP contribution in [0.25, 0.3) is 0 Å². The van der Waals surface area contributed by atoms with Gasteiger partial charge >= 0.3 is 0 Å². The predicted molar refractivity (Wildman–Crippen MR) is 85.1 cm³/mol. The molecule has 0 aliphatic carbocycles. The van der Waals surface area contributed by atoms with Crippen LogP contribution < -0.4 is 10.2 Å². The Bertz CT molecular complexity index is 643. The number of hydrogen-bond donors (Lipinski definition) is 1. The van der Waals surface area contributed by atoms with Gasteiger partial charge in [-0.15, -0.1) is 0 Å². The summed E-state index contributed by atoms with van der Waals surface area (Å²) in [5, 5.41) is 6.99. The average Bonchev–Trinajstić information content (AvgIpc) is 2.88. The number of amides is 1. The molecule has 0 radical (unpaired) electrons. The van der Waals surface area contributed by atoms with Crippen molar-refractivity contribution in [1.82, 2.24) is 20.4 Å². The van der Waals surface area contributed by atoms with Gasteiger partial charge < -0.3 is 14.7 Å². The van der Waals surface area contributed by atoms with E-state index in [4.69, 9.17) is 4.52 Å². The molecule has 7 nitrogen and oxygen atoms in total. The van der Waals surface area contributed by atoms with Crippen molar-refractivity contribution in [1.29, 1.82) is 0 Å². The Morgan fingerprint density at radius 2 is 2.00 bits per heavy atom. The van der Waals surface area contributed by atoms with E-state index >= 15 is 0 Å². The standard InChI is InChI=1S/C16H21N5O2/c1-11-14(12(2)23-20-11)10-15(22)19-13-4-8-21(9-5-13)16-17-6-3-7-18-16/h3,6-7,13H,4-5,8-10H2,1-2H3,(H,19,22). The summed E-state index contributed by atoms with van der Waals surface area (Å²) in [6, 6.07) is 2.01. The minimum absolute atomic E-state index is 0.0220. The summed E-state index contributed by atoms with van der Waals surface area (Å²) in [5.74, 6) is 1.50. The SMILES string of the molecule is Cc1noc(C)c1CC(=O)NC1CCN(c2ncccn2)CC1. The maximum Gasteiger partial charge on any atom is 0.225 e. The van der Waals surface area contributed by atoms with E-state index in [9.17, 15) is 4.79 Å². The summed E-state index contributed by atoms with van der Waals surface area (Å²) in [6.07, 6.45) is 5.61. The van der Waals surface area contributed by atoms with Gasteiger partial charge in [-0.25, -0.2) is 9.97 Å². The van der Waals surface area contributed by atoms with Crippen molar-refractivity contribution < 1.29 is 9.32 Å². The van der Waals surface area contributed by atoms with Crippen molar-refractivity contribution in [3.63, 3.8) is 0 Å². The second-order valence-electron chi connectivity index (χ2n) is 5.86. The molecule has 0 spiro atoms. The van der Waals surface area contributed by atoms with E-state index < -0.39 is 0 Å². The Labute approximate surface area is 135 Å². The molecule has 1 aliphatic rings. The van der Waals surface area contributed by atoms with Crippen LogP contribution in [0.15, 0.2) is 23.0 Å². The molecule has 122 valence electrons. The molecule has 1 amide bonds. The normalized spacial score (nSPS) is 15.7. The Kier molecular flexibility index (Phi) is 4.55. The van der Waals surface area contributed by atoms with Crippen LogP contribution in [0.2, 0.25) is 0 Å². The molecule has 7 heteroatoms. The third-order valence-corrected chi connectivity index (χ3v) is 4.21. The van der Waals surface area contributed by atoms with E-state index in [0.29, 0.717) is 12.2 Å². The van der Waals surface area contributed by atoms with Crippen molar-refractivity contribution in [2.75, 3.05) is 18.0 Å². The third-order valence-electron chi connectivity index (χ3n) is 4.21. The van der Waals surface area contributed by atoms with E-state index in [0.717, 1.165) is 43.1 Å². The molecule has 1 saturated heterocycles. The second kappa shape index (κ2) is 6.76. The van der Waals surface area contributed by atoms with Crippen LogP contribution in [-0.4, -0.2) is 40.2 Å². The Balaban J connectivity index is 1.50. The van der Waals surface area contributed by atoms with Gasteiger partial charge in [0.1, 0.15) is 5.76 Å². The lowest BCUT2D eigenvalue weighted by Gasteiger charge is -2.32. The third kappa shape index (κ3) is 3.67. The molecule has 3 heterocycles. The molecule has 1 aliphatic heterocycles. The number of piperidine rings is 1. The number of aryl methyl sites for hydroxylation is 2. The van der Waals surface area contributed by atoms with Gasteiger partial charge in [-0.3, -0.25) is 4.79 Å². The van der Waals surface area contributed by atoms with Gasteiger partial charge in [-0.1, -0.05) is 5.16 Å². The zero-order chi connectivity index (χ0) is 16.2. The van der Waals surface area contributed by atoms with Gasteiger partial charge in [0.2, 0.25) is 11.9 Å². The maximum atomic E-state index is 12.2. The summed E-state index contributed by atoms with van der Waals surface area (Å²) in [5.41, 5.74) is 1.67. The zero-order valence-corrected chi connectivity index (χ0v) is 13.5. The molecule has 2 aromatic rings. The fourth-order valence-corrected chi connectivity index (χ4v) is 2.87. The number of aromatic nitrogens is 3. The molecule has 1 N–H and O–H groups in total. The molecule has 1 fully saturated rings. The van der Waals surface area contributed by atoms with Gasteiger partial charge in [0.05, 0.1) is 12.1 Å². The second-order valence-corrected chi connectivity index (χ2v) is 5.86. The highest BCUT2D eigenvalue weighted by Gasteiger charge is 2.23. The van der Waals surface area contributed by atoms with Crippen LogP contribution in [0.4, 0.5) is 5.95 Å². The van der Waals surface area contributed by atoms with Gasteiger partial charge in [0.15, 0.2) is 0 Å². The lowest BCUT2D eigenvalue weighted by Crippen LogP contribution is -2.45. The topological polar surface area (TPSA) is 84.2 Å². The fourth-order valence-electron chi connectivity index (χ4n) is 2.87. The van der Waals surface area contributed by atoms with Gasteiger partial charge in [0, 0.05) is 37.1 Å². The molecular weight excluding hydrogens is 294 g/mol. The molecule has 23 heavy (non-hydrogen) atoms. The van der Waals surface area contributed by atoms with Crippen molar-refractivity contribution in [3.05, 3.63) is 35.5 Å². The van der Waals surface area contributed by atoms with Gasteiger partial charge in [-0.2, -0.15) is 0 Å². The number of nitrogens with one attached hydrogen (secondary N) is 1. The molecule has 0 unspecified atom stereocenters. The van der Waals surface area contributed by atoms with Crippen LogP contribution in [0.5, 0.6) is 0 Å². The molecule has 3 rings (SSSR count). The van der Waals surface area contributed by atoms with E-state index in [1.807, 2.05) is 19.9 Å². The van der Waals surface area contributed by atoms with Crippen LogP contribution in [0.1, 0.15) is 29.9 Å². The summed E-state index contributed by atoms with van der Waals surface area (Å²) >= 11 is 0. The quantitative estimate of drug-likeness (QED) is 0.918. The first-order chi connectivity index (χ1) is 11.1. The van der Waals surface area contributed by atoms with Crippen LogP contribution in [-0.2, 0) is 11.2 Å². The van der Waals surface area contributed by atoms with Gasteiger partial charge in [-0.05, 0) is 32.8 Å². The first-order valence-electron chi connectivity index (χ1n) is 7.86. The minimum atomic E-state index is 0.0220. The molecule has 2 aromatic heterocycles. The summed E-state index contributed by atoms with van der Waals surface area (Å²) in [4.78, 5) is 22.9. The van der Waals surface area contributed by atoms with Crippen molar-refractivity contribution in [2.24, 2.45) is 0 Å². The van der Waals surface area contributed by atoms with Crippen molar-refractivity contribution in [2.45, 2.75) is 39.2 Å². The van der Waals surface area contributed by atoms with E-state index in [2.05, 4.69) is 25.3 Å². The number of carbonyl (C=O) groups excluding carboxylic acids is 1. The first kappa shape index (κ1) is 15.5. The number of rotatable bonds is 4. The number of hydrogen-bond acceptors (Lipinski definition) is 6. The van der Waals surface area contributed by atoms with E-state index in [1.165, 1.54) is 0 Å². The Morgan fingerprint density at radius 3 is 2.61 bits per heavy atom. The van der Waals surface area contributed by atoms with Crippen LogP contribution in [0, 0.1) is 13.8 Å². The Hall–Kier alpha value is -2.44. The Morgan fingerprint density at radius 1 is 1.30 bits per heavy atom. The van der Waals surface area contributed by atoms with Crippen molar-refractivity contribution in [3.8, 4) is 0 Å². The summed E-state index contributed by atoms with van der Waals surface area (Å²) in [6.45, 7) is 5.39. The van der Waals surface area contributed by atoms with Crippen LogP contribution >= 0.6 is 0 Å². The number of nitrogens with zero attached hydrogens (tertiary/aromatic N) is 4. The van der Waals surface area contributed by atoms with Crippen LogP contribution in [0.3, 0.4) is 0 Å². The minimum Gasteiger partial charge on any atom is -0.361 e. The first-order valence-corrected chi connectivity index (χ1v) is 7.86. The van der Waals surface area contributed by atoms with E-state index in [-0.39, 0.29) is 11.9 Å². The molecule has 0 aromatic carbocycles. The fraction of sp³-hybridized carbons (Fsp3) is 0.500. The van der Waals surface area contributed by atoms with Gasteiger partial charge in [0.25, 0.3) is 0 Å². The lowest BCUT2D eigenvalue weighted by molar-refractivity contribution is -0.121. The number of anilines is 1.